The number of rotatable bonds is 8. The number of para-hydroxylation sites is 1. The van der Waals surface area contributed by atoms with E-state index in [4.69, 9.17) is 0 Å². The molecule has 0 unspecified atom stereocenters. The number of nitrogens with one attached hydrogen (secondary N) is 1. The van der Waals surface area contributed by atoms with Crippen LogP contribution in [0.25, 0.3) is 0 Å². The predicted octanol–water partition coefficient (Wildman–Crippen LogP) is 3.42. The van der Waals surface area contributed by atoms with Crippen molar-refractivity contribution in [1.29, 1.82) is 0 Å². The fraction of sp³-hybridized carbons (Fsp3) is 0.350. The van der Waals surface area contributed by atoms with Gasteiger partial charge in [0.05, 0.1) is 11.9 Å². The van der Waals surface area contributed by atoms with Crippen LogP contribution in [0.2, 0.25) is 0 Å². The Bertz CT molecular complexity index is 880. The molecular formula is C20H25FN2O3S. The fourth-order valence-corrected chi connectivity index (χ4v) is 3.71. The van der Waals surface area contributed by atoms with Crippen LogP contribution in [-0.2, 0) is 21.4 Å². The normalized spacial score (nSPS) is 11.4. The van der Waals surface area contributed by atoms with Gasteiger partial charge in [-0.2, -0.15) is 0 Å². The van der Waals surface area contributed by atoms with Crippen LogP contribution in [0.1, 0.15) is 37.3 Å². The lowest BCUT2D eigenvalue weighted by molar-refractivity contribution is -0.121. The van der Waals surface area contributed by atoms with Crippen LogP contribution in [0.4, 0.5) is 10.1 Å². The largest absolute Gasteiger partial charge is 0.352 e. The number of carbonyl (C=O) groups is 1. The summed E-state index contributed by atoms with van der Waals surface area (Å²) >= 11 is 0. The SMILES string of the molecule is CC(C)c1ccccc1N(CCC(=O)NCc1ccc(F)cc1)S(C)(=O)=O. The highest BCUT2D eigenvalue weighted by Crippen LogP contribution is 2.29. The molecule has 0 aliphatic heterocycles. The van der Waals surface area contributed by atoms with Crippen LogP contribution in [0.15, 0.2) is 48.5 Å². The minimum Gasteiger partial charge on any atom is -0.352 e. The molecule has 0 radical (unpaired) electrons. The average molecular weight is 392 g/mol. The number of sulfonamides is 1. The molecule has 2 aromatic carbocycles. The lowest BCUT2D eigenvalue weighted by Gasteiger charge is -2.26. The molecule has 27 heavy (non-hydrogen) atoms. The van der Waals surface area contributed by atoms with E-state index >= 15 is 0 Å². The number of halogens is 1. The van der Waals surface area contributed by atoms with E-state index in [-0.39, 0.29) is 37.2 Å². The number of benzene rings is 2. The zero-order valence-electron chi connectivity index (χ0n) is 15.8. The van der Waals surface area contributed by atoms with Gasteiger partial charge in [-0.15, -0.1) is 0 Å². The van der Waals surface area contributed by atoms with E-state index in [0.29, 0.717) is 5.69 Å². The van der Waals surface area contributed by atoms with E-state index in [2.05, 4.69) is 5.32 Å². The summed E-state index contributed by atoms with van der Waals surface area (Å²) < 4.78 is 38.8. The molecule has 5 nitrogen and oxygen atoms in total. The van der Waals surface area contributed by atoms with Crippen LogP contribution in [0.3, 0.4) is 0 Å². The molecule has 0 bridgehead atoms. The van der Waals surface area contributed by atoms with Crippen molar-refractivity contribution in [2.24, 2.45) is 0 Å². The molecule has 0 fully saturated rings. The van der Waals surface area contributed by atoms with Gasteiger partial charge in [0.15, 0.2) is 0 Å². The molecule has 0 heterocycles. The minimum atomic E-state index is -3.53. The summed E-state index contributed by atoms with van der Waals surface area (Å²) in [5.74, 6) is -0.453. The van der Waals surface area contributed by atoms with E-state index in [1.54, 1.807) is 24.3 Å². The van der Waals surface area contributed by atoms with Crippen LogP contribution < -0.4 is 9.62 Å². The van der Waals surface area contributed by atoms with Crippen LogP contribution in [0, 0.1) is 5.82 Å². The van der Waals surface area contributed by atoms with Gasteiger partial charge in [-0.25, -0.2) is 12.8 Å². The molecule has 1 N–H and O–H groups in total. The lowest BCUT2D eigenvalue weighted by Crippen LogP contribution is -2.35. The van der Waals surface area contributed by atoms with Crippen molar-refractivity contribution in [1.82, 2.24) is 5.32 Å². The van der Waals surface area contributed by atoms with E-state index in [1.807, 2.05) is 26.0 Å². The topological polar surface area (TPSA) is 66.5 Å². The number of anilines is 1. The van der Waals surface area contributed by atoms with Gasteiger partial charge < -0.3 is 5.32 Å². The van der Waals surface area contributed by atoms with Crippen LogP contribution >= 0.6 is 0 Å². The first-order valence-corrected chi connectivity index (χ1v) is 10.6. The second-order valence-corrected chi connectivity index (χ2v) is 8.61. The van der Waals surface area contributed by atoms with Gasteiger partial charge in [0.1, 0.15) is 5.82 Å². The third-order valence-corrected chi connectivity index (χ3v) is 5.35. The zero-order valence-corrected chi connectivity index (χ0v) is 16.6. The van der Waals surface area contributed by atoms with E-state index in [0.717, 1.165) is 17.4 Å². The van der Waals surface area contributed by atoms with Crippen molar-refractivity contribution < 1.29 is 17.6 Å². The van der Waals surface area contributed by atoms with Gasteiger partial charge in [-0.05, 0) is 35.2 Å². The molecule has 0 atom stereocenters. The predicted molar refractivity (Wildman–Crippen MR) is 106 cm³/mol. The Morgan fingerprint density at radius 3 is 2.33 bits per heavy atom. The molecule has 2 rings (SSSR count). The molecule has 1 amide bonds. The highest BCUT2D eigenvalue weighted by molar-refractivity contribution is 7.92. The molecule has 146 valence electrons. The molecule has 0 saturated heterocycles. The number of nitrogens with zero attached hydrogens (tertiary/aromatic N) is 1. The van der Waals surface area contributed by atoms with Gasteiger partial charge in [-0.3, -0.25) is 9.10 Å². The Hall–Kier alpha value is -2.41. The van der Waals surface area contributed by atoms with E-state index in [9.17, 15) is 17.6 Å². The minimum absolute atomic E-state index is 0.0285. The molecule has 0 saturated carbocycles. The number of hydrogen-bond donors (Lipinski definition) is 1. The molecule has 0 aliphatic carbocycles. The highest BCUT2D eigenvalue weighted by atomic mass is 32.2. The summed E-state index contributed by atoms with van der Waals surface area (Å²) in [5, 5.41) is 2.73. The Labute approximate surface area is 160 Å². The number of carbonyl (C=O) groups excluding carboxylic acids is 1. The Kier molecular flexibility index (Phi) is 6.96. The summed E-state index contributed by atoms with van der Waals surface area (Å²) in [7, 11) is -3.53. The molecule has 0 spiro atoms. The van der Waals surface area contributed by atoms with Crippen molar-refractivity contribution >= 4 is 21.6 Å². The molecular weight excluding hydrogens is 367 g/mol. The zero-order chi connectivity index (χ0) is 20.0. The summed E-state index contributed by atoms with van der Waals surface area (Å²) in [6, 6.07) is 13.2. The van der Waals surface area contributed by atoms with Crippen molar-refractivity contribution in [2.75, 3.05) is 17.1 Å². The standard InChI is InChI=1S/C20H25FN2O3S/c1-15(2)18-6-4-5-7-19(18)23(27(3,25)26)13-12-20(24)22-14-16-8-10-17(21)11-9-16/h4-11,15H,12-14H2,1-3H3,(H,22,24). The Balaban J connectivity index is 2.05. The first-order valence-electron chi connectivity index (χ1n) is 8.76. The average Bonchev–Trinajstić information content (AvgIpc) is 2.60. The molecule has 7 heteroatoms. The second-order valence-electron chi connectivity index (χ2n) is 6.70. The third kappa shape index (κ3) is 6.06. The Morgan fingerprint density at radius 1 is 1.11 bits per heavy atom. The summed E-state index contributed by atoms with van der Waals surface area (Å²) in [6.07, 6.45) is 1.17. The maximum absolute atomic E-state index is 12.9. The van der Waals surface area contributed by atoms with E-state index < -0.39 is 10.0 Å². The van der Waals surface area contributed by atoms with E-state index in [1.165, 1.54) is 16.4 Å². The van der Waals surface area contributed by atoms with Crippen molar-refractivity contribution in [3.63, 3.8) is 0 Å². The Morgan fingerprint density at radius 2 is 1.74 bits per heavy atom. The molecule has 0 aromatic heterocycles. The van der Waals surface area contributed by atoms with Crippen molar-refractivity contribution in [3.05, 3.63) is 65.5 Å². The maximum atomic E-state index is 12.9. The maximum Gasteiger partial charge on any atom is 0.232 e. The van der Waals surface area contributed by atoms with Crippen molar-refractivity contribution in [2.45, 2.75) is 32.7 Å². The molecule has 0 aliphatic rings. The second kappa shape index (κ2) is 8.99. The third-order valence-electron chi connectivity index (χ3n) is 4.17. The molecule has 2 aromatic rings. The fourth-order valence-electron chi connectivity index (χ4n) is 2.76. The highest BCUT2D eigenvalue weighted by Gasteiger charge is 2.22. The first-order chi connectivity index (χ1) is 12.7. The first kappa shape index (κ1) is 20.9. The van der Waals surface area contributed by atoms with Gasteiger partial charge in [-0.1, -0.05) is 44.2 Å². The van der Waals surface area contributed by atoms with Gasteiger partial charge in [0.2, 0.25) is 15.9 Å². The van der Waals surface area contributed by atoms with Gasteiger partial charge in [0.25, 0.3) is 0 Å². The lowest BCUT2D eigenvalue weighted by atomic mass is 10.0. The van der Waals surface area contributed by atoms with Crippen molar-refractivity contribution in [3.8, 4) is 0 Å². The van der Waals surface area contributed by atoms with Crippen LogP contribution in [-0.4, -0.2) is 27.1 Å². The summed E-state index contributed by atoms with van der Waals surface area (Å²) in [6.45, 7) is 4.31. The number of amides is 1. The van der Waals surface area contributed by atoms with Gasteiger partial charge >= 0.3 is 0 Å². The quantitative estimate of drug-likeness (QED) is 0.749. The monoisotopic (exact) mass is 392 g/mol. The smallest absolute Gasteiger partial charge is 0.232 e. The summed E-state index contributed by atoms with van der Waals surface area (Å²) in [5.41, 5.74) is 2.28. The summed E-state index contributed by atoms with van der Waals surface area (Å²) in [4.78, 5) is 12.2. The van der Waals surface area contributed by atoms with Crippen LogP contribution in [0.5, 0.6) is 0 Å². The van der Waals surface area contributed by atoms with Gasteiger partial charge in [0, 0.05) is 19.5 Å². The number of hydrogen-bond acceptors (Lipinski definition) is 3.